The van der Waals surface area contributed by atoms with E-state index in [-0.39, 0.29) is 6.04 Å². The lowest BCUT2D eigenvalue weighted by molar-refractivity contribution is 0.460. The van der Waals surface area contributed by atoms with Gasteiger partial charge in [-0.2, -0.15) is 0 Å². The van der Waals surface area contributed by atoms with Crippen molar-refractivity contribution in [3.63, 3.8) is 0 Å². The van der Waals surface area contributed by atoms with Gasteiger partial charge in [-0.05, 0) is 30.4 Å². The van der Waals surface area contributed by atoms with E-state index in [0.717, 1.165) is 31.7 Å². The summed E-state index contributed by atoms with van der Waals surface area (Å²) in [6, 6.07) is 4.17. The molecule has 1 N–H and O–H groups in total. The van der Waals surface area contributed by atoms with Gasteiger partial charge in [0.05, 0.1) is 6.26 Å². The quantitative estimate of drug-likeness (QED) is 0.939. The number of piperidine rings is 1. The molecule has 2 aromatic heterocycles. The highest BCUT2D eigenvalue weighted by molar-refractivity contribution is 7.88. The lowest BCUT2D eigenvalue weighted by Gasteiger charge is -2.33. The van der Waals surface area contributed by atoms with Crippen molar-refractivity contribution in [2.45, 2.75) is 18.9 Å². The molecule has 3 heterocycles. The van der Waals surface area contributed by atoms with Crippen molar-refractivity contribution in [2.75, 3.05) is 24.2 Å². The number of nitrogens with zero attached hydrogens (tertiary/aromatic N) is 2. The third-order valence-corrected chi connectivity index (χ3v) is 5.18. The highest BCUT2D eigenvalue weighted by Gasteiger charge is 2.23. The Bertz CT molecular complexity index is 703. The average Bonchev–Trinajstić information content (AvgIpc) is 2.86. The van der Waals surface area contributed by atoms with E-state index in [1.165, 1.54) is 16.3 Å². The first kappa shape index (κ1) is 13.8. The van der Waals surface area contributed by atoms with Crippen LogP contribution >= 0.6 is 11.3 Å². The molecule has 0 unspecified atom stereocenters. The summed E-state index contributed by atoms with van der Waals surface area (Å²) in [5.74, 6) is 1.02. The van der Waals surface area contributed by atoms with Gasteiger partial charge in [-0.15, -0.1) is 11.3 Å². The molecule has 3 rings (SSSR count). The molecule has 7 heteroatoms. The zero-order valence-electron chi connectivity index (χ0n) is 11.2. The molecular weight excluding hydrogens is 294 g/mol. The van der Waals surface area contributed by atoms with Crippen LogP contribution in [-0.2, 0) is 10.0 Å². The van der Waals surface area contributed by atoms with E-state index >= 15 is 0 Å². The van der Waals surface area contributed by atoms with Crippen LogP contribution in [0.2, 0.25) is 0 Å². The standard InChI is InChI=1S/C13H17N3O2S2/c1-20(17,18)15-10-3-7-16(8-4-10)13-11-5-9-19-12(11)2-6-14-13/h2,5-6,9-10,15H,3-4,7-8H2,1H3. The molecule has 0 radical (unpaired) electrons. The summed E-state index contributed by atoms with van der Waals surface area (Å²) in [7, 11) is -3.11. The van der Waals surface area contributed by atoms with Crippen LogP contribution in [0.15, 0.2) is 23.7 Å². The fourth-order valence-electron chi connectivity index (χ4n) is 2.64. The van der Waals surface area contributed by atoms with Crippen molar-refractivity contribution in [2.24, 2.45) is 0 Å². The van der Waals surface area contributed by atoms with Crippen molar-refractivity contribution in [1.29, 1.82) is 0 Å². The molecule has 108 valence electrons. The van der Waals surface area contributed by atoms with Gasteiger partial charge >= 0.3 is 0 Å². The van der Waals surface area contributed by atoms with Crippen LogP contribution in [0.1, 0.15) is 12.8 Å². The highest BCUT2D eigenvalue weighted by atomic mass is 32.2. The number of sulfonamides is 1. The summed E-state index contributed by atoms with van der Waals surface area (Å²) in [6.07, 6.45) is 4.69. The smallest absolute Gasteiger partial charge is 0.208 e. The molecule has 1 aliphatic heterocycles. The molecule has 0 aliphatic carbocycles. The van der Waals surface area contributed by atoms with Crippen LogP contribution in [-0.4, -0.2) is 38.8 Å². The van der Waals surface area contributed by atoms with E-state index in [1.54, 1.807) is 11.3 Å². The van der Waals surface area contributed by atoms with Gasteiger partial charge in [0, 0.05) is 35.4 Å². The Morgan fingerprint density at radius 3 is 2.80 bits per heavy atom. The van der Waals surface area contributed by atoms with Gasteiger partial charge in [-0.3, -0.25) is 0 Å². The van der Waals surface area contributed by atoms with E-state index in [9.17, 15) is 8.42 Å². The van der Waals surface area contributed by atoms with Crippen molar-refractivity contribution in [1.82, 2.24) is 9.71 Å². The number of nitrogens with one attached hydrogen (secondary N) is 1. The molecule has 2 aromatic rings. The predicted octanol–water partition coefficient (Wildman–Crippen LogP) is 1.81. The number of rotatable bonds is 3. The zero-order chi connectivity index (χ0) is 14.2. The van der Waals surface area contributed by atoms with Crippen molar-refractivity contribution in [3.8, 4) is 0 Å². The normalized spacial score (nSPS) is 17.8. The van der Waals surface area contributed by atoms with E-state index in [4.69, 9.17) is 0 Å². The van der Waals surface area contributed by atoms with Crippen LogP contribution in [0.3, 0.4) is 0 Å². The van der Waals surface area contributed by atoms with Gasteiger partial charge in [0.2, 0.25) is 10.0 Å². The van der Waals surface area contributed by atoms with Gasteiger partial charge in [0.15, 0.2) is 0 Å². The molecule has 0 saturated carbocycles. The lowest BCUT2D eigenvalue weighted by atomic mass is 10.1. The minimum atomic E-state index is -3.11. The zero-order valence-corrected chi connectivity index (χ0v) is 12.9. The molecule has 0 atom stereocenters. The molecule has 20 heavy (non-hydrogen) atoms. The number of thiophene rings is 1. The average molecular weight is 311 g/mol. The maximum atomic E-state index is 11.3. The van der Waals surface area contributed by atoms with Crippen LogP contribution in [0, 0.1) is 0 Å². The summed E-state index contributed by atoms with van der Waals surface area (Å²) >= 11 is 1.72. The molecule has 1 fully saturated rings. The Morgan fingerprint density at radius 2 is 2.10 bits per heavy atom. The fourth-order valence-corrected chi connectivity index (χ4v) is 4.26. The van der Waals surface area contributed by atoms with Crippen LogP contribution in [0.5, 0.6) is 0 Å². The number of hydrogen-bond donors (Lipinski definition) is 1. The second kappa shape index (κ2) is 5.31. The van der Waals surface area contributed by atoms with E-state index in [2.05, 4.69) is 26.1 Å². The largest absolute Gasteiger partial charge is 0.356 e. The fraction of sp³-hybridized carbons (Fsp3) is 0.462. The Morgan fingerprint density at radius 1 is 1.35 bits per heavy atom. The number of fused-ring (bicyclic) bond motifs is 1. The first-order valence-corrected chi connectivity index (χ1v) is 9.34. The van der Waals surface area contributed by atoms with Gasteiger partial charge in [-0.1, -0.05) is 0 Å². The van der Waals surface area contributed by atoms with Crippen molar-refractivity contribution in [3.05, 3.63) is 23.7 Å². The summed E-state index contributed by atoms with van der Waals surface area (Å²) in [6.45, 7) is 1.66. The van der Waals surface area contributed by atoms with Crippen LogP contribution in [0.25, 0.3) is 10.1 Å². The number of aromatic nitrogens is 1. The Labute approximate surface area is 122 Å². The minimum absolute atomic E-state index is 0.0444. The summed E-state index contributed by atoms with van der Waals surface area (Å²) in [5.41, 5.74) is 0. The Hall–Kier alpha value is -1.18. The summed E-state index contributed by atoms with van der Waals surface area (Å²) in [5, 5.41) is 3.26. The second-order valence-electron chi connectivity index (χ2n) is 5.12. The summed E-state index contributed by atoms with van der Waals surface area (Å²) < 4.78 is 26.4. The molecular formula is C13H17N3O2S2. The van der Waals surface area contributed by atoms with Gasteiger partial charge < -0.3 is 4.90 Å². The third-order valence-electron chi connectivity index (χ3n) is 3.53. The van der Waals surface area contributed by atoms with Crippen LogP contribution in [0.4, 0.5) is 5.82 Å². The number of hydrogen-bond acceptors (Lipinski definition) is 5. The maximum absolute atomic E-state index is 11.3. The van der Waals surface area contributed by atoms with Gasteiger partial charge in [0.1, 0.15) is 5.82 Å². The van der Waals surface area contributed by atoms with E-state index < -0.39 is 10.0 Å². The molecule has 1 saturated heterocycles. The molecule has 0 bridgehead atoms. The van der Waals surface area contributed by atoms with Gasteiger partial charge in [0.25, 0.3) is 0 Å². The third kappa shape index (κ3) is 2.94. The van der Waals surface area contributed by atoms with Crippen molar-refractivity contribution >= 4 is 37.3 Å². The first-order chi connectivity index (χ1) is 9.53. The first-order valence-electron chi connectivity index (χ1n) is 6.57. The molecule has 0 amide bonds. The number of anilines is 1. The molecule has 5 nitrogen and oxygen atoms in total. The summed E-state index contributed by atoms with van der Waals surface area (Å²) in [4.78, 5) is 6.74. The van der Waals surface area contributed by atoms with Gasteiger partial charge in [-0.25, -0.2) is 18.1 Å². The predicted molar refractivity (Wildman–Crippen MR) is 82.8 cm³/mol. The molecule has 0 spiro atoms. The monoisotopic (exact) mass is 311 g/mol. The highest BCUT2D eigenvalue weighted by Crippen LogP contribution is 2.30. The lowest BCUT2D eigenvalue weighted by Crippen LogP contribution is -2.44. The van der Waals surface area contributed by atoms with Crippen LogP contribution < -0.4 is 9.62 Å². The van der Waals surface area contributed by atoms with E-state index in [0.29, 0.717) is 0 Å². The maximum Gasteiger partial charge on any atom is 0.208 e. The SMILES string of the molecule is CS(=O)(=O)NC1CCN(c2nccc3sccc23)CC1. The molecule has 1 aliphatic rings. The Balaban J connectivity index is 1.74. The minimum Gasteiger partial charge on any atom is -0.356 e. The number of pyridine rings is 1. The Kier molecular flexibility index (Phi) is 3.66. The molecule has 0 aromatic carbocycles. The van der Waals surface area contributed by atoms with Crippen molar-refractivity contribution < 1.29 is 8.42 Å². The topological polar surface area (TPSA) is 62.3 Å². The van der Waals surface area contributed by atoms with E-state index in [1.807, 2.05) is 12.3 Å². The second-order valence-corrected chi connectivity index (χ2v) is 7.85.